The number of nitrogens with one attached hydrogen (secondary N) is 1. The predicted octanol–water partition coefficient (Wildman–Crippen LogP) is 3.44. The fraction of sp³-hybridized carbons (Fsp3) is 0.588. The molecule has 20 heavy (non-hydrogen) atoms. The van der Waals surface area contributed by atoms with Gasteiger partial charge in [0.15, 0.2) is 0 Å². The van der Waals surface area contributed by atoms with Gasteiger partial charge in [0.05, 0.1) is 11.3 Å². The molecule has 0 bridgehead atoms. The van der Waals surface area contributed by atoms with Gasteiger partial charge in [0, 0.05) is 25.2 Å². The van der Waals surface area contributed by atoms with E-state index < -0.39 is 0 Å². The van der Waals surface area contributed by atoms with Gasteiger partial charge in [-0.3, -0.25) is 0 Å². The van der Waals surface area contributed by atoms with Crippen LogP contribution in [-0.4, -0.2) is 18.6 Å². The van der Waals surface area contributed by atoms with E-state index in [-0.39, 0.29) is 5.54 Å². The van der Waals surface area contributed by atoms with Crippen LogP contribution in [0.4, 0.5) is 5.69 Å². The Morgan fingerprint density at radius 1 is 1.20 bits per heavy atom. The first-order chi connectivity index (χ1) is 9.49. The van der Waals surface area contributed by atoms with Crippen LogP contribution in [0.15, 0.2) is 18.2 Å². The molecule has 2 rings (SSSR count). The molecule has 108 valence electrons. The lowest BCUT2D eigenvalue weighted by molar-refractivity contribution is 0.424. The van der Waals surface area contributed by atoms with Crippen LogP contribution in [0.2, 0.25) is 0 Å². The molecule has 0 aromatic heterocycles. The zero-order valence-corrected chi connectivity index (χ0v) is 12.9. The topological polar surface area (TPSA) is 39.1 Å². The largest absolute Gasteiger partial charge is 0.370 e. The molecular formula is C17H25N3. The number of anilines is 1. The first kappa shape index (κ1) is 14.9. The summed E-state index contributed by atoms with van der Waals surface area (Å²) in [5.74, 6) is 0. The van der Waals surface area contributed by atoms with Gasteiger partial charge < -0.3 is 10.2 Å². The Labute approximate surface area is 122 Å². The highest BCUT2D eigenvalue weighted by Gasteiger charge is 2.15. The minimum absolute atomic E-state index is 0.0956. The van der Waals surface area contributed by atoms with Crippen LogP contribution in [0.3, 0.4) is 0 Å². The average molecular weight is 271 g/mol. The molecular weight excluding hydrogens is 246 g/mol. The van der Waals surface area contributed by atoms with Crippen molar-refractivity contribution < 1.29 is 0 Å². The summed E-state index contributed by atoms with van der Waals surface area (Å²) in [6, 6.07) is 8.65. The molecule has 0 radical (unpaired) electrons. The molecule has 0 aliphatic carbocycles. The molecule has 0 atom stereocenters. The second-order valence-corrected chi connectivity index (χ2v) is 6.61. The number of rotatable bonds is 3. The van der Waals surface area contributed by atoms with Crippen molar-refractivity contribution in [3.63, 3.8) is 0 Å². The lowest BCUT2D eigenvalue weighted by Gasteiger charge is -2.29. The van der Waals surface area contributed by atoms with E-state index in [9.17, 15) is 5.26 Å². The zero-order valence-electron chi connectivity index (χ0n) is 12.9. The van der Waals surface area contributed by atoms with Gasteiger partial charge in [-0.1, -0.05) is 6.07 Å². The lowest BCUT2D eigenvalue weighted by Crippen LogP contribution is -2.35. The van der Waals surface area contributed by atoms with Crippen molar-refractivity contribution in [1.29, 1.82) is 5.26 Å². The quantitative estimate of drug-likeness (QED) is 0.915. The van der Waals surface area contributed by atoms with Crippen LogP contribution < -0.4 is 10.2 Å². The monoisotopic (exact) mass is 271 g/mol. The van der Waals surface area contributed by atoms with Crippen molar-refractivity contribution in [3.8, 4) is 6.07 Å². The average Bonchev–Trinajstić information content (AvgIpc) is 2.45. The highest BCUT2D eigenvalue weighted by molar-refractivity contribution is 5.60. The van der Waals surface area contributed by atoms with Gasteiger partial charge in [-0.15, -0.1) is 0 Å². The SMILES string of the molecule is CC(C)(C)NCc1ccc(N2CCCCC2)c(C#N)c1. The van der Waals surface area contributed by atoms with E-state index in [2.05, 4.69) is 49.2 Å². The summed E-state index contributed by atoms with van der Waals surface area (Å²) in [5, 5.41) is 12.9. The van der Waals surface area contributed by atoms with Crippen molar-refractivity contribution >= 4 is 5.69 Å². The molecule has 1 saturated heterocycles. The predicted molar refractivity (Wildman–Crippen MR) is 83.8 cm³/mol. The third-order valence-corrected chi connectivity index (χ3v) is 3.70. The zero-order chi connectivity index (χ0) is 14.6. The van der Waals surface area contributed by atoms with Crippen molar-refractivity contribution in [1.82, 2.24) is 5.32 Å². The summed E-state index contributed by atoms with van der Waals surface area (Å²) in [7, 11) is 0. The molecule has 1 aliphatic rings. The highest BCUT2D eigenvalue weighted by atomic mass is 15.1. The van der Waals surface area contributed by atoms with Crippen LogP contribution in [-0.2, 0) is 6.54 Å². The van der Waals surface area contributed by atoms with Crippen LogP contribution in [0.25, 0.3) is 0 Å². The van der Waals surface area contributed by atoms with E-state index in [0.717, 1.165) is 30.9 Å². The highest BCUT2D eigenvalue weighted by Crippen LogP contribution is 2.25. The Morgan fingerprint density at radius 2 is 1.90 bits per heavy atom. The van der Waals surface area contributed by atoms with E-state index in [0.29, 0.717) is 0 Å². The molecule has 1 aliphatic heterocycles. The summed E-state index contributed by atoms with van der Waals surface area (Å²) in [4.78, 5) is 2.35. The van der Waals surface area contributed by atoms with E-state index in [1.807, 2.05) is 6.07 Å². The maximum absolute atomic E-state index is 9.40. The van der Waals surface area contributed by atoms with Gasteiger partial charge in [-0.05, 0) is 57.7 Å². The minimum atomic E-state index is 0.0956. The van der Waals surface area contributed by atoms with Crippen molar-refractivity contribution in [3.05, 3.63) is 29.3 Å². The Kier molecular flexibility index (Phi) is 4.67. The van der Waals surface area contributed by atoms with Crippen molar-refractivity contribution in [2.45, 2.75) is 52.1 Å². The number of piperidine rings is 1. The number of nitriles is 1. The Balaban J connectivity index is 2.13. The Morgan fingerprint density at radius 3 is 2.50 bits per heavy atom. The maximum atomic E-state index is 9.40. The second-order valence-electron chi connectivity index (χ2n) is 6.61. The normalized spacial score (nSPS) is 16.0. The van der Waals surface area contributed by atoms with Gasteiger partial charge in [0.25, 0.3) is 0 Å². The van der Waals surface area contributed by atoms with Gasteiger partial charge in [0.2, 0.25) is 0 Å². The summed E-state index contributed by atoms with van der Waals surface area (Å²) >= 11 is 0. The van der Waals surface area contributed by atoms with Crippen LogP contribution in [0.5, 0.6) is 0 Å². The molecule has 3 heteroatoms. The van der Waals surface area contributed by atoms with E-state index in [4.69, 9.17) is 0 Å². The lowest BCUT2D eigenvalue weighted by atomic mass is 10.0. The molecule has 3 nitrogen and oxygen atoms in total. The molecule has 1 aromatic carbocycles. The van der Waals surface area contributed by atoms with Crippen LogP contribution in [0, 0.1) is 11.3 Å². The second kappa shape index (κ2) is 6.28. The van der Waals surface area contributed by atoms with E-state index in [1.54, 1.807) is 0 Å². The van der Waals surface area contributed by atoms with Gasteiger partial charge in [-0.2, -0.15) is 5.26 Å². The van der Waals surface area contributed by atoms with Crippen LogP contribution in [0.1, 0.15) is 51.2 Å². The molecule has 1 aromatic rings. The fourth-order valence-electron chi connectivity index (χ4n) is 2.56. The van der Waals surface area contributed by atoms with E-state index >= 15 is 0 Å². The summed E-state index contributed by atoms with van der Waals surface area (Å²) in [6.45, 7) is 9.42. The summed E-state index contributed by atoms with van der Waals surface area (Å²) in [5.41, 5.74) is 3.18. The summed E-state index contributed by atoms with van der Waals surface area (Å²) < 4.78 is 0. The molecule has 0 unspecified atom stereocenters. The number of hydrogen-bond donors (Lipinski definition) is 1. The van der Waals surface area contributed by atoms with Crippen molar-refractivity contribution in [2.75, 3.05) is 18.0 Å². The number of nitrogens with zero attached hydrogens (tertiary/aromatic N) is 2. The van der Waals surface area contributed by atoms with Crippen LogP contribution >= 0.6 is 0 Å². The third kappa shape index (κ3) is 3.98. The van der Waals surface area contributed by atoms with E-state index in [1.165, 1.54) is 24.8 Å². The molecule has 1 fully saturated rings. The summed E-state index contributed by atoms with van der Waals surface area (Å²) in [6.07, 6.45) is 3.78. The first-order valence-electron chi connectivity index (χ1n) is 7.52. The molecule has 1 N–H and O–H groups in total. The standard InChI is InChI=1S/C17H25N3/c1-17(2,3)19-13-14-7-8-16(15(11-14)12-18)20-9-5-4-6-10-20/h7-8,11,19H,4-6,9-10,13H2,1-3H3. The Hall–Kier alpha value is -1.53. The third-order valence-electron chi connectivity index (χ3n) is 3.70. The minimum Gasteiger partial charge on any atom is -0.370 e. The maximum Gasteiger partial charge on any atom is 0.101 e. The molecule has 1 heterocycles. The first-order valence-corrected chi connectivity index (χ1v) is 7.52. The van der Waals surface area contributed by atoms with Gasteiger partial charge >= 0.3 is 0 Å². The fourth-order valence-corrected chi connectivity index (χ4v) is 2.56. The van der Waals surface area contributed by atoms with Crippen molar-refractivity contribution in [2.24, 2.45) is 0 Å². The Bertz CT molecular complexity index is 488. The number of hydrogen-bond acceptors (Lipinski definition) is 3. The smallest absolute Gasteiger partial charge is 0.101 e. The van der Waals surface area contributed by atoms with Gasteiger partial charge in [-0.25, -0.2) is 0 Å². The number of benzene rings is 1. The molecule has 0 spiro atoms. The molecule has 0 amide bonds. The molecule has 0 saturated carbocycles. The van der Waals surface area contributed by atoms with Gasteiger partial charge in [0.1, 0.15) is 6.07 Å².